The lowest BCUT2D eigenvalue weighted by molar-refractivity contribution is 0.600. The molecule has 0 heterocycles. The highest BCUT2D eigenvalue weighted by atomic mass is 35.5. The number of anilines is 1. The standard InChI is InChI=1S/C10H14N2O2S.ClH/c11-7-8-2-1-3-9(6-8)12-15(13,14)10-4-5-10;/h1-3,6,10,12H,4-5,7,11H2;1H. The molecule has 0 amide bonds. The summed E-state index contributed by atoms with van der Waals surface area (Å²) in [6.45, 7) is 0.416. The maximum atomic E-state index is 11.6. The fraction of sp³-hybridized carbons (Fsp3) is 0.400. The minimum absolute atomic E-state index is 0. The number of hydrogen-bond acceptors (Lipinski definition) is 3. The van der Waals surface area contributed by atoms with Gasteiger partial charge in [-0.15, -0.1) is 12.4 Å². The summed E-state index contributed by atoms with van der Waals surface area (Å²) in [5.41, 5.74) is 7.00. The van der Waals surface area contributed by atoms with Gasteiger partial charge in [-0.2, -0.15) is 0 Å². The minimum atomic E-state index is -3.16. The van der Waals surface area contributed by atoms with E-state index in [-0.39, 0.29) is 17.7 Å². The Hall–Kier alpha value is -0.780. The molecular weight excluding hydrogens is 248 g/mol. The van der Waals surface area contributed by atoms with E-state index in [1.807, 2.05) is 6.07 Å². The molecule has 1 saturated carbocycles. The number of nitrogens with one attached hydrogen (secondary N) is 1. The molecule has 1 aliphatic rings. The van der Waals surface area contributed by atoms with E-state index in [9.17, 15) is 8.42 Å². The van der Waals surface area contributed by atoms with Crippen LogP contribution in [-0.4, -0.2) is 13.7 Å². The van der Waals surface area contributed by atoms with Gasteiger partial charge in [-0.25, -0.2) is 8.42 Å². The zero-order valence-corrected chi connectivity index (χ0v) is 10.4. The van der Waals surface area contributed by atoms with Crippen LogP contribution in [-0.2, 0) is 16.6 Å². The Bertz CT molecular complexity index is 458. The van der Waals surface area contributed by atoms with Crippen molar-refractivity contribution in [2.45, 2.75) is 24.6 Å². The third kappa shape index (κ3) is 3.10. The summed E-state index contributed by atoms with van der Waals surface area (Å²) in [6.07, 6.45) is 1.54. The van der Waals surface area contributed by atoms with Crippen LogP contribution in [0, 0.1) is 0 Å². The highest BCUT2D eigenvalue weighted by Crippen LogP contribution is 2.29. The largest absolute Gasteiger partial charge is 0.326 e. The molecule has 1 aromatic carbocycles. The van der Waals surface area contributed by atoms with E-state index in [1.54, 1.807) is 18.2 Å². The van der Waals surface area contributed by atoms with Crippen molar-refractivity contribution in [3.63, 3.8) is 0 Å². The van der Waals surface area contributed by atoms with Crippen molar-refractivity contribution in [1.82, 2.24) is 0 Å². The molecule has 0 spiro atoms. The Balaban J connectivity index is 0.00000128. The molecule has 4 nitrogen and oxygen atoms in total. The van der Waals surface area contributed by atoms with Crippen LogP contribution in [0.3, 0.4) is 0 Å². The van der Waals surface area contributed by atoms with Crippen molar-refractivity contribution in [3.8, 4) is 0 Å². The molecule has 1 aromatic rings. The van der Waals surface area contributed by atoms with Gasteiger partial charge < -0.3 is 5.73 Å². The van der Waals surface area contributed by atoms with Crippen molar-refractivity contribution >= 4 is 28.1 Å². The SMILES string of the molecule is Cl.NCc1cccc(NS(=O)(=O)C2CC2)c1. The first-order chi connectivity index (χ1) is 7.12. The van der Waals surface area contributed by atoms with Gasteiger partial charge in [-0.3, -0.25) is 4.72 Å². The van der Waals surface area contributed by atoms with E-state index in [0.717, 1.165) is 18.4 Å². The monoisotopic (exact) mass is 262 g/mol. The van der Waals surface area contributed by atoms with E-state index >= 15 is 0 Å². The smallest absolute Gasteiger partial charge is 0.235 e. The van der Waals surface area contributed by atoms with Crippen LogP contribution >= 0.6 is 12.4 Å². The molecule has 3 N–H and O–H groups in total. The Morgan fingerprint density at radius 1 is 1.38 bits per heavy atom. The number of benzene rings is 1. The van der Waals surface area contributed by atoms with E-state index in [1.165, 1.54) is 0 Å². The van der Waals surface area contributed by atoms with Gasteiger partial charge in [-0.1, -0.05) is 12.1 Å². The molecule has 1 aliphatic carbocycles. The van der Waals surface area contributed by atoms with Crippen LogP contribution < -0.4 is 10.5 Å². The van der Waals surface area contributed by atoms with Gasteiger partial charge in [0.15, 0.2) is 0 Å². The fourth-order valence-corrected chi connectivity index (χ4v) is 2.77. The van der Waals surface area contributed by atoms with Crippen molar-refractivity contribution in [1.29, 1.82) is 0 Å². The molecule has 0 radical (unpaired) electrons. The molecule has 16 heavy (non-hydrogen) atoms. The average Bonchev–Trinajstić information content (AvgIpc) is 3.00. The summed E-state index contributed by atoms with van der Waals surface area (Å²) in [7, 11) is -3.16. The molecule has 1 fully saturated rings. The molecule has 6 heteroatoms. The average molecular weight is 263 g/mol. The van der Waals surface area contributed by atoms with Crippen LogP contribution in [0.5, 0.6) is 0 Å². The van der Waals surface area contributed by atoms with Crippen LogP contribution in [0.25, 0.3) is 0 Å². The number of halogens is 1. The summed E-state index contributed by atoms with van der Waals surface area (Å²) < 4.78 is 25.8. The maximum absolute atomic E-state index is 11.6. The van der Waals surface area contributed by atoms with Crippen LogP contribution in [0.4, 0.5) is 5.69 Å². The summed E-state index contributed by atoms with van der Waals surface area (Å²) in [6, 6.07) is 7.17. The number of sulfonamides is 1. The molecule has 0 unspecified atom stereocenters. The highest BCUT2D eigenvalue weighted by molar-refractivity contribution is 7.93. The third-order valence-corrected chi connectivity index (χ3v) is 4.26. The summed E-state index contributed by atoms with van der Waals surface area (Å²) in [4.78, 5) is 0. The van der Waals surface area contributed by atoms with Crippen molar-refractivity contribution in [2.75, 3.05) is 4.72 Å². The number of nitrogens with two attached hydrogens (primary N) is 1. The maximum Gasteiger partial charge on any atom is 0.235 e. The first-order valence-electron chi connectivity index (χ1n) is 4.92. The molecule has 0 atom stereocenters. The molecular formula is C10H15ClN2O2S. The van der Waals surface area contributed by atoms with Crippen molar-refractivity contribution < 1.29 is 8.42 Å². The van der Waals surface area contributed by atoms with Crippen molar-refractivity contribution in [2.24, 2.45) is 5.73 Å². The lowest BCUT2D eigenvalue weighted by atomic mass is 10.2. The number of hydrogen-bond donors (Lipinski definition) is 2. The lowest BCUT2D eigenvalue weighted by Gasteiger charge is -2.07. The Morgan fingerprint density at radius 3 is 2.62 bits per heavy atom. The fourth-order valence-electron chi connectivity index (χ4n) is 1.39. The lowest BCUT2D eigenvalue weighted by Crippen LogP contribution is -2.17. The summed E-state index contributed by atoms with van der Waals surface area (Å²) in [5.74, 6) is 0. The van der Waals surface area contributed by atoms with Gasteiger partial charge in [-0.05, 0) is 30.5 Å². The quantitative estimate of drug-likeness (QED) is 0.863. The van der Waals surface area contributed by atoms with E-state index in [2.05, 4.69) is 4.72 Å². The Kier molecular flexibility index (Phi) is 4.18. The molecule has 90 valence electrons. The van der Waals surface area contributed by atoms with Gasteiger partial charge >= 0.3 is 0 Å². The summed E-state index contributed by atoms with van der Waals surface area (Å²) in [5, 5.41) is -0.195. The minimum Gasteiger partial charge on any atom is -0.326 e. The van der Waals surface area contributed by atoms with Gasteiger partial charge in [0, 0.05) is 12.2 Å². The second-order valence-electron chi connectivity index (χ2n) is 3.75. The van der Waals surface area contributed by atoms with Crippen LogP contribution in [0.2, 0.25) is 0 Å². The topological polar surface area (TPSA) is 72.2 Å². The third-order valence-electron chi connectivity index (χ3n) is 2.39. The van der Waals surface area contributed by atoms with Crippen LogP contribution in [0.15, 0.2) is 24.3 Å². The van der Waals surface area contributed by atoms with Gasteiger partial charge in [0.25, 0.3) is 0 Å². The first kappa shape index (κ1) is 13.3. The number of rotatable bonds is 4. The van der Waals surface area contributed by atoms with E-state index in [4.69, 9.17) is 5.73 Å². The molecule has 0 bridgehead atoms. The van der Waals surface area contributed by atoms with Crippen molar-refractivity contribution in [3.05, 3.63) is 29.8 Å². The van der Waals surface area contributed by atoms with Gasteiger partial charge in [0.2, 0.25) is 10.0 Å². The predicted octanol–water partition coefficient (Wildman–Crippen LogP) is 1.47. The molecule has 0 aromatic heterocycles. The molecule has 2 rings (SSSR count). The molecule has 0 aliphatic heterocycles. The second kappa shape index (κ2) is 5.03. The van der Waals surface area contributed by atoms with E-state index in [0.29, 0.717) is 12.2 Å². The van der Waals surface area contributed by atoms with E-state index < -0.39 is 10.0 Å². The highest BCUT2D eigenvalue weighted by Gasteiger charge is 2.35. The summed E-state index contributed by atoms with van der Waals surface area (Å²) >= 11 is 0. The Morgan fingerprint density at radius 2 is 2.06 bits per heavy atom. The zero-order valence-electron chi connectivity index (χ0n) is 8.72. The van der Waals surface area contributed by atoms with Crippen LogP contribution in [0.1, 0.15) is 18.4 Å². The normalized spacial score (nSPS) is 15.3. The Labute approximate surface area is 102 Å². The zero-order chi connectivity index (χ0) is 10.9. The van der Waals surface area contributed by atoms with Gasteiger partial charge in [0.05, 0.1) is 5.25 Å². The van der Waals surface area contributed by atoms with Gasteiger partial charge in [0.1, 0.15) is 0 Å². The second-order valence-corrected chi connectivity index (χ2v) is 5.71. The molecule has 0 saturated heterocycles. The predicted molar refractivity (Wildman–Crippen MR) is 67.1 cm³/mol. The first-order valence-corrected chi connectivity index (χ1v) is 6.47.